The first-order chi connectivity index (χ1) is 18.5. The van der Waals surface area contributed by atoms with Gasteiger partial charge in [0.05, 0.1) is 22.2 Å². The third-order valence-electron chi connectivity index (χ3n) is 5.28. The van der Waals surface area contributed by atoms with Crippen molar-refractivity contribution in [1.29, 1.82) is 0 Å². The van der Waals surface area contributed by atoms with Crippen LogP contribution in [-0.4, -0.2) is 16.6 Å². The van der Waals surface area contributed by atoms with Gasteiger partial charge < -0.3 is 19.2 Å². The summed E-state index contributed by atoms with van der Waals surface area (Å²) < 4.78 is 55.5. The quantitative estimate of drug-likeness (QED) is 0.137. The number of benzene rings is 3. The Morgan fingerprint density at radius 2 is 1.69 bits per heavy atom. The van der Waals surface area contributed by atoms with Gasteiger partial charge in [-0.1, -0.05) is 6.07 Å². The van der Waals surface area contributed by atoms with Crippen molar-refractivity contribution in [1.82, 2.24) is 0 Å². The SMILES string of the molecule is CC(=O)c1ccc(OCc2ccc(C(=O)Nc3cc(Oc4cccc(C(F)(F)F)c4)cc([N+](=O)[O-])c3)o2)cc1. The molecule has 3 aromatic carbocycles. The van der Waals surface area contributed by atoms with Crippen molar-refractivity contribution in [2.45, 2.75) is 19.7 Å². The summed E-state index contributed by atoms with van der Waals surface area (Å²) in [5.41, 5.74) is -0.927. The number of nitro benzene ring substituents is 1. The number of hydrogen-bond acceptors (Lipinski definition) is 7. The molecule has 0 aliphatic rings. The highest BCUT2D eigenvalue weighted by Gasteiger charge is 2.30. The maximum absolute atomic E-state index is 13.0. The smallest absolute Gasteiger partial charge is 0.416 e. The number of furan rings is 1. The number of anilines is 1. The fourth-order valence-electron chi connectivity index (χ4n) is 3.40. The Bertz CT molecular complexity index is 1530. The number of hydrogen-bond donors (Lipinski definition) is 1. The van der Waals surface area contributed by atoms with Gasteiger partial charge in [-0.2, -0.15) is 13.2 Å². The Morgan fingerprint density at radius 1 is 0.949 bits per heavy atom. The topological polar surface area (TPSA) is 121 Å². The van der Waals surface area contributed by atoms with Gasteiger partial charge in [0.1, 0.15) is 29.6 Å². The van der Waals surface area contributed by atoms with E-state index in [0.29, 0.717) is 17.1 Å². The Hall–Kier alpha value is -5.13. The number of ether oxygens (including phenoxy) is 2. The van der Waals surface area contributed by atoms with E-state index < -0.39 is 28.3 Å². The summed E-state index contributed by atoms with van der Waals surface area (Å²) >= 11 is 0. The molecule has 0 spiro atoms. The van der Waals surface area contributed by atoms with Crippen LogP contribution >= 0.6 is 0 Å². The normalized spacial score (nSPS) is 11.1. The molecule has 0 unspecified atom stereocenters. The third-order valence-corrected chi connectivity index (χ3v) is 5.28. The molecule has 39 heavy (non-hydrogen) atoms. The molecule has 0 saturated carbocycles. The molecule has 0 radical (unpaired) electrons. The van der Waals surface area contributed by atoms with Crippen LogP contribution in [0, 0.1) is 10.1 Å². The Labute approximate surface area is 218 Å². The van der Waals surface area contributed by atoms with Crippen molar-refractivity contribution in [3.05, 3.63) is 112 Å². The molecule has 1 N–H and O–H groups in total. The van der Waals surface area contributed by atoms with Gasteiger partial charge in [0.15, 0.2) is 11.5 Å². The highest BCUT2D eigenvalue weighted by Crippen LogP contribution is 2.34. The van der Waals surface area contributed by atoms with Crippen molar-refractivity contribution in [3.8, 4) is 17.2 Å². The van der Waals surface area contributed by atoms with Crippen molar-refractivity contribution >= 4 is 23.1 Å². The number of carbonyl (C=O) groups is 2. The molecular formula is C27H19F3N2O7. The van der Waals surface area contributed by atoms with E-state index in [-0.39, 0.29) is 35.3 Å². The van der Waals surface area contributed by atoms with Gasteiger partial charge in [-0.25, -0.2) is 0 Å². The average molecular weight is 540 g/mol. The number of rotatable bonds is 9. The van der Waals surface area contributed by atoms with Crippen LogP contribution in [0.1, 0.15) is 39.2 Å². The standard InChI is InChI=1S/C27H19F3N2O7/c1-16(33)17-5-7-21(8-6-17)37-15-23-9-10-25(39-23)26(34)31-19-12-20(32(35)36)14-24(13-19)38-22-4-2-3-18(11-22)27(28,29)30/h2-14H,15H2,1H3,(H,31,34). The first-order valence-electron chi connectivity index (χ1n) is 11.3. The second kappa shape index (κ2) is 11.1. The van der Waals surface area contributed by atoms with E-state index in [9.17, 15) is 32.9 Å². The van der Waals surface area contributed by atoms with Crippen molar-refractivity contribution in [2.75, 3.05) is 5.32 Å². The van der Waals surface area contributed by atoms with Crippen LogP contribution in [0.4, 0.5) is 24.5 Å². The minimum absolute atomic E-state index is 0.0154. The summed E-state index contributed by atoms with van der Waals surface area (Å²) in [6, 6.07) is 16.7. The minimum Gasteiger partial charge on any atom is -0.486 e. The number of nitro groups is 1. The molecule has 1 amide bonds. The highest BCUT2D eigenvalue weighted by molar-refractivity contribution is 6.02. The number of halogens is 3. The second-order valence-electron chi connectivity index (χ2n) is 8.19. The lowest BCUT2D eigenvalue weighted by atomic mass is 10.1. The number of amides is 1. The summed E-state index contributed by atoms with van der Waals surface area (Å²) in [7, 11) is 0. The van der Waals surface area contributed by atoms with Crippen LogP contribution in [-0.2, 0) is 12.8 Å². The minimum atomic E-state index is -4.60. The lowest BCUT2D eigenvalue weighted by Crippen LogP contribution is -2.11. The number of nitrogens with one attached hydrogen (secondary N) is 1. The molecule has 4 rings (SSSR count). The molecule has 9 nitrogen and oxygen atoms in total. The molecule has 4 aromatic rings. The van der Waals surface area contributed by atoms with E-state index >= 15 is 0 Å². The summed E-state index contributed by atoms with van der Waals surface area (Å²) in [5, 5.41) is 13.8. The van der Waals surface area contributed by atoms with E-state index in [1.54, 1.807) is 24.3 Å². The maximum Gasteiger partial charge on any atom is 0.416 e. The zero-order valence-corrected chi connectivity index (χ0v) is 20.2. The number of carbonyl (C=O) groups excluding carboxylic acids is 2. The number of Topliss-reactive ketones (excluding diaryl/α,β-unsaturated/α-hetero) is 1. The molecule has 200 valence electrons. The van der Waals surface area contributed by atoms with E-state index in [4.69, 9.17) is 13.9 Å². The number of ketones is 1. The first kappa shape index (κ1) is 26.9. The van der Waals surface area contributed by atoms with Crippen LogP contribution in [0.25, 0.3) is 0 Å². The van der Waals surface area contributed by atoms with E-state index in [0.717, 1.165) is 30.3 Å². The van der Waals surface area contributed by atoms with Gasteiger partial charge in [-0.3, -0.25) is 19.7 Å². The fourth-order valence-corrected chi connectivity index (χ4v) is 3.40. The molecule has 0 fully saturated rings. The summed E-state index contributed by atoms with van der Waals surface area (Å²) in [6.07, 6.45) is -4.60. The molecule has 0 bridgehead atoms. The van der Waals surface area contributed by atoms with Gasteiger partial charge >= 0.3 is 6.18 Å². The second-order valence-corrected chi connectivity index (χ2v) is 8.19. The van der Waals surface area contributed by atoms with Crippen molar-refractivity contribution in [2.24, 2.45) is 0 Å². The number of nitrogens with zero attached hydrogens (tertiary/aromatic N) is 1. The summed E-state index contributed by atoms with van der Waals surface area (Å²) in [6.45, 7) is 1.43. The predicted octanol–water partition coefficient (Wildman–Crippen LogP) is 7.03. The molecule has 0 aliphatic heterocycles. The number of non-ortho nitro benzene ring substituents is 1. The highest BCUT2D eigenvalue weighted by atomic mass is 19.4. The van der Waals surface area contributed by atoms with Crippen LogP contribution in [0.2, 0.25) is 0 Å². The molecule has 12 heteroatoms. The van der Waals surface area contributed by atoms with Gasteiger partial charge in [-0.05, 0) is 61.5 Å². The fraction of sp³-hybridized carbons (Fsp3) is 0.111. The van der Waals surface area contributed by atoms with E-state index in [1.165, 1.54) is 31.2 Å². The monoisotopic (exact) mass is 540 g/mol. The zero-order valence-electron chi connectivity index (χ0n) is 20.2. The predicted molar refractivity (Wildman–Crippen MR) is 132 cm³/mol. The van der Waals surface area contributed by atoms with Gasteiger partial charge in [0, 0.05) is 17.7 Å². The summed E-state index contributed by atoms with van der Waals surface area (Å²) in [4.78, 5) is 34.7. The first-order valence-corrected chi connectivity index (χ1v) is 11.3. The molecule has 0 saturated heterocycles. The maximum atomic E-state index is 13.0. The average Bonchev–Trinajstić information content (AvgIpc) is 3.36. The lowest BCUT2D eigenvalue weighted by molar-refractivity contribution is -0.384. The van der Waals surface area contributed by atoms with Crippen LogP contribution in [0.3, 0.4) is 0 Å². The lowest BCUT2D eigenvalue weighted by Gasteiger charge is -2.11. The van der Waals surface area contributed by atoms with Crippen LogP contribution < -0.4 is 14.8 Å². The van der Waals surface area contributed by atoms with Gasteiger partial charge in [0.25, 0.3) is 11.6 Å². The molecule has 1 heterocycles. The van der Waals surface area contributed by atoms with E-state index in [2.05, 4.69) is 5.32 Å². The summed E-state index contributed by atoms with van der Waals surface area (Å²) in [5.74, 6) is -0.514. The van der Waals surface area contributed by atoms with Crippen molar-refractivity contribution < 1.29 is 41.6 Å². The molecule has 1 aromatic heterocycles. The molecule has 0 aliphatic carbocycles. The van der Waals surface area contributed by atoms with Crippen molar-refractivity contribution in [3.63, 3.8) is 0 Å². The Morgan fingerprint density at radius 3 is 2.36 bits per heavy atom. The number of alkyl halides is 3. The zero-order chi connectivity index (χ0) is 28.2. The molecule has 0 atom stereocenters. The molecular weight excluding hydrogens is 521 g/mol. The Kier molecular flexibility index (Phi) is 7.65. The van der Waals surface area contributed by atoms with Gasteiger partial charge in [0.2, 0.25) is 0 Å². The third kappa shape index (κ3) is 7.01. The van der Waals surface area contributed by atoms with Crippen LogP contribution in [0.5, 0.6) is 17.2 Å². The van der Waals surface area contributed by atoms with Gasteiger partial charge in [-0.15, -0.1) is 0 Å². The Balaban J connectivity index is 1.45. The largest absolute Gasteiger partial charge is 0.486 e. The van der Waals surface area contributed by atoms with Crippen LogP contribution in [0.15, 0.2) is 83.3 Å². The van der Waals surface area contributed by atoms with E-state index in [1.807, 2.05) is 0 Å².